The van der Waals surface area contributed by atoms with Crippen LogP contribution in [0.3, 0.4) is 0 Å². The number of hydrogen-bond acceptors (Lipinski definition) is 4. The van der Waals surface area contributed by atoms with Crippen LogP contribution >= 0.6 is 11.6 Å². The first-order valence-corrected chi connectivity index (χ1v) is 8.60. The van der Waals surface area contributed by atoms with Gasteiger partial charge in [-0.1, -0.05) is 11.6 Å². The van der Waals surface area contributed by atoms with Gasteiger partial charge < -0.3 is 5.73 Å². The molecule has 0 aliphatic rings. The van der Waals surface area contributed by atoms with E-state index in [4.69, 9.17) is 17.3 Å². The number of benzene rings is 2. The Morgan fingerprint density at radius 1 is 1.08 bits per heavy atom. The number of nitrogens with two attached hydrogens (primary N) is 1. The van der Waals surface area contributed by atoms with E-state index in [0.29, 0.717) is 11.3 Å². The van der Waals surface area contributed by atoms with Crippen molar-refractivity contribution in [3.63, 3.8) is 0 Å². The highest BCUT2D eigenvalue weighted by atomic mass is 35.5. The summed E-state index contributed by atoms with van der Waals surface area (Å²) in [5, 5.41) is 4.02. The summed E-state index contributed by atoms with van der Waals surface area (Å²) in [6.07, 6.45) is 0. The first-order chi connectivity index (χ1) is 11.3. The minimum absolute atomic E-state index is 0.000714. The fourth-order valence-electron chi connectivity index (χ4n) is 2.18. The zero-order valence-electron chi connectivity index (χ0n) is 12.3. The molecule has 0 aliphatic carbocycles. The van der Waals surface area contributed by atoms with Crippen LogP contribution in [0.15, 0.2) is 53.4 Å². The normalized spacial score (nSPS) is 11.6. The zero-order chi connectivity index (χ0) is 17.5. The SMILES string of the molecule is [CH2]c1nn(S(=O)(=O)c2ccc(N)cc2)c(-c2ccc(F)cc2)c1Cl. The van der Waals surface area contributed by atoms with Crippen molar-refractivity contribution in [2.75, 3.05) is 5.73 Å². The van der Waals surface area contributed by atoms with E-state index < -0.39 is 15.8 Å². The zero-order valence-corrected chi connectivity index (χ0v) is 13.9. The van der Waals surface area contributed by atoms with Gasteiger partial charge >= 0.3 is 0 Å². The van der Waals surface area contributed by atoms with E-state index in [1.807, 2.05) is 0 Å². The molecule has 0 saturated carbocycles. The quantitative estimate of drug-likeness (QED) is 0.723. The van der Waals surface area contributed by atoms with Gasteiger partial charge in [0, 0.05) is 11.3 Å². The van der Waals surface area contributed by atoms with Gasteiger partial charge in [0.15, 0.2) is 0 Å². The Kier molecular flexibility index (Phi) is 4.06. The number of nitrogens with zero attached hydrogens (tertiary/aromatic N) is 2. The second-order valence-electron chi connectivity index (χ2n) is 5.03. The Hall–Kier alpha value is -2.38. The first-order valence-electron chi connectivity index (χ1n) is 6.78. The van der Waals surface area contributed by atoms with Gasteiger partial charge in [-0.15, -0.1) is 0 Å². The lowest BCUT2D eigenvalue weighted by molar-refractivity contribution is 0.580. The lowest BCUT2D eigenvalue weighted by atomic mass is 10.1. The molecule has 1 radical (unpaired) electrons. The Balaban J connectivity index is 2.23. The predicted octanol–water partition coefficient (Wildman–Crippen LogP) is 3.34. The van der Waals surface area contributed by atoms with Crippen LogP contribution in [0.5, 0.6) is 0 Å². The summed E-state index contributed by atoms with van der Waals surface area (Å²) >= 11 is 6.18. The molecular formula is C16H12ClFN3O2S. The summed E-state index contributed by atoms with van der Waals surface area (Å²) in [5.41, 5.74) is 6.66. The summed E-state index contributed by atoms with van der Waals surface area (Å²) in [4.78, 5) is -0.000714. The van der Waals surface area contributed by atoms with E-state index in [-0.39, 0.29) is 21.3 Å². The minimum atomic E-state index is -4.01. The monoisotopic (exact) mass is 364 g/mol. The van der Waals surface area contributed by atoms with E-state index in [1.54, 1.807) is 0 Å². The van der Waals surface area contributed by atoms with E-state index in [9.17, 15) is 12.8 Å². The molecule has 8 heteroatoms. The van der Waals surface area contributed by atoms with Crippen molar-refractivity contribution >= 4 is 27.3 Å². The second kappa shape index (κ2) is 5.92. The average molecular weight is 365 g/mol. The molecular weight excluding hydrogens is 353 g/mol. The maximum absolute atomic E-state index is 13.1. The van der Waals surface area contributed by atoms with Crippen LogP contribution < -0.4 is 5.73 Å². The molecule has 0 saturated heterocycles. The maximum Gasteiger partial charge on any atom is 0.283 e. The van der Waals surface area contributed by atoms with E-state index >= 15 is 0 Å². The third kappa shape index (κ3) is 2.76. The lowest BCUT2D eigenvalue weighted by Crippen LogP contribution is -2.16. The third-order valence-electron chi connectivity index (χ3n) is 3.39. The highest BCUT2D eigenvalue weighted by Crippen LogP contribution is 2.33. The van der Waals surface area contributed by atoms with Gasteiger partial charge in [-0.05, 0) is 55.5 Å². The fraction of sp³-hybridized carbons (Fsp3) is 0. The fourth-order valence-corrected chi connectivity index (χ4v) is 3.78. The minimum Gasteiger partial charge on any atom is -0.399 e. The Morgan fingerprint density at radius 3 is 2.25 bits per heavy atom. The van der Waals surface area contributed by atoms with Crippen molar-refractivity contribution in [1.29, 1.82) is 0 Å². The van der Waals surface area contributed by atoms with Crippen molar-refractivity contribution in [1.82, 2.24) is 9.19 Å². The molecule has 0 fully saturated rings. The van der Waals surface area contributed by atoms with Crippen molar-refractivity contribution < 1.29 is 12.8 Å². The summed E-state index contributed by atoms with van der Waals surface area (Å²) in [5.74, 6) is -0.447. The predicted molar refractivity (Wildman–Crippen MR) is 90.5 cm³/mol. The number of nitrogen functional groups attached to an aromatic ring is 1. The molecule has 2 N–H and O–H groups in total. The molecule has 1 aromatic heterocycles. The van der Waals surface area contributed by atoms with Gasteiger partial charge in [0.05, 0.1) is 15.6 Å². The average Bonchev–Trinajstić information content (AvgIpc) is 2.85. The molecule has 3 rings (SSSR count). The summed E-state index contributed by atoms with van der Waals surface area (Å²) < 4.78 is 39.7. The maximum atomic E-state index is 13.1. The van der Waals surface area contributed by atoms with Crippen molar-refractivity contribution in [3.05, 3.63) is 72.0 Å². The molecule has 0 unspecified atom stereocenters. The smallest absolute Gasteiger partial charge is 0.283 e. The van der Waals surface area contributed by atoms with Crippen LogP contribution in [0.1, 0.15) is 5.69 Å². The van der Waals surface area contributed by atoms with Crippen LogP contribution in [-0.4, -0.2) is 17.6 Å². The van der Waals surface area contributed by atoms with Crippen molar-refractivity contribution in [2.45, 2.75) is 4.90 Å². The van der Waals surface area contributed by atoms with Gasteiger partial charge in [0.2, 0.25) is 0 Å². The van der Waals surface area contributed by atoms with Gasteiger partial charge in [-0.3, -0.25) is 0 Å². The molecule has 3 aromatic rings. The van der Waals surface area contributed by atoms with Gasteiger partial charge in [0.1, 0.15) is 11.5 Å². The summed E-state index contributed by atoms with van der Waals surface area (Å²) in [6.45, 7) is 3.64. The van der Waals surface area contributed by atoms with Crippen LogP contribution in [0, 0.1) is 12.7 Å². The van der Waals surface area contributed by atoms with E-state index in [0.717, 1.165) is 4.09 Å². The third-order valence-corrected chi connectivity index (χ3v) is 5.37. The number of aromatic nitrogens is 2. The van der Waals surface area contributed by atoms with Crippen LogP contribution in [0.4, 0.5) is 10.1 Å². The van der Waals surface area contributed by atoms with Crippen LogP contribution in [0.25, 0.3) is 11.3 Å². The molecule has 123 valence electrons. The topological polar surface area (TPSA) is 78.0 Å². The Bertz CT molecular complexity index is 997. The van der Waals surface area contributed by atoms with Gasteiger partial charge in [-0.25, -0.2) is 4.39 Å². The first kappa shape index (κ1) is 16.5. The van der Waals surface area contributed by atoms with Crippen molar-refractivity contribution in [3.8, 4) is 11.3 Å². The molecule has 2 aromatic carbocycles. The highest BCUT2D eigenvalue weighted by molar-refractivity contribution is 7.90. The van der Waals surface area contributed by atoms with E-state index in [2.05, 4.69) is 12.0 Å². The standard InChI is InChI=1S/C16H12ClFN3O2S/c1-10-15(17)16(11-2-4-12(18)5-3-11)21(20-10)24(22,23)14-8-6-13(19)7-9-14/h2-9H,1,19H2. The lowest BCUT2D eigenvalue weighted by Gasteiger charge is -2.09. The van der Waals surface area contributed by atoms with Crippen molar-refractivity contribution in [2.24, 2.45) is 0 Å². The summed E-state index contributed by atoms with van der Waals surface area (Å²) in [6, 6.07) is 11.0. The highest BCUT2D eigenvalue weighted by Gasteiger charge is 2.26. The van der Waals surface area contributed by atoms with Crippen LogP contribution in [-0.2, 0) is 10.0 Å². The number of anilines is 1. The van der Waals surface area contributed by atoms with Gasteiger partial charge in [-0.2, -0.15) is 17.6 Å². The number of hydrogen-bond donors (Lipinski definition) is 1. The molecule has 0 spiro atoms. The second-order valence-corrected chi connectivity index (χ2v) is 7.18. The molecule has 0 amide bonds. The molecule has 0 atom stereocenters. The van der Waals surface area contributed by atoms with Crippen LogP contribution in [0.2, 0.25) is 5.02 Å². The Morgan fingerprint density at radius 2 is 1.67 bits per heavy atom. The molecule has 5 nitrogen and oxygen atoms in total. The van der Waals surface area contributed by atoms with Gasteiger partial charge in [0.25, 0.3) is 10.0 Å². The number of rotatable bonds is 3. The molecule has 24 heavy (non-hydrogen) atoms. The Labute approximate surface area is 143 Å². The number of halogens is 2. The molecule has 0 bridgehead atoms. The largest absolute Gasteiger partial charge is 0.399 e. The molecule has 0 aliphatic heterocycles. The van der Waals surface area contributed by atoms with E-state index in [1.165, 1.54) is 48.5 Å². The summed E-state index contributed by atoms with van der Waals surface area (Å²) in [7, 11) is -4.01. The molecule has 1 heterocycles.